The Kier molecular flexibility index (Phi) is 1.52. The van der Waals surface area contributed by atoms with Crippen LogP contribution in [0.2, 0.25) is 0 Å². The quantitative estimate of drug-likeness (QED) is 0.496. The van der Waals surface area contributed by atoms with Gasteiger partial charge in [-0.15, -0.1) is 0 Å². The van der Waals surface area contributed by atoms with Gasteiger partial charge in [-0.3, -0.25) is 0 Å². The van der Waals surface area contributed by atoms with Crippen molar-refractivity contribution >= 4 is 11.9 Å². The first-order valence-corrected chi connectivity index (χ1v) is 3.60. The highest BCUT2D eigenvalue weighted by atomic mass is 15.2. The van der Waals surface area contributed by atoms with Crippen LogP contribution in [0.5, 0.6) is 0 Å². The molecule has 0 atom stereocenters. The molecule has 0 unspecified atom stereocenters. The van der Waals surface area contributed by atoms with Crippen LogP contribution in [-0.4, -0.2) is 11.9 Å². The van der Waals surface area contributed by atoms with E-state index in [1.54, 1.807) is 6.21 Å². The molecule has 2 aliphatic rings. The Morgan fingerprint density at radius 2 is 2.27 bits per heavy atom. The van der Waals surface area contributed by atoms with Gasteiger partial charge in [0, 0.05) is 12.6 Å². The van der Waals surface area contributed by atoms with Gasteiger partial charge in [-0.1, -0.05) is 24.3 Å². The van der Waals surface area contributed by atoms with Crippen LogP contribution in [0.1, 0.15) is 6.42 Å². The molecule has 0 aromatic heterocycles. The first-order valence-electron chi connectivity index (χ1n) is 3.60. The molecule has 0 saturated heterocycles. The monoisotopic (exact) mass is 144 g/mol. The molecular weight excluding hydrogens is 136 g/mol. The molecule has 0 radical (unpaired) electrons. The third kappa shape index (κ3) is 1.19. The van der Waals surface area contributed by atoms with Crippen molar-refractivity contribution in [1.29, 1.82) is 0 Å². The van der Waals surface area contributed by atoms with E-state index in [0.29, 0.717) is 0 Å². The van der Waals surface area contributed by atoms with Gasteiger partial charge >= 0.3 is 0 Å². The van der Waals surface area contributed by atoms with Crippen LogP contribution in [0.3, 0.4) is 0 Å². The largest absolute Gasteiger partial charge is 0.159 e. The van der Waals surface area contributed by atoms with Gasteiger partial charge in [-0.05, 0) is 11.6 Å². The van der Waals surface area contributed by atoms with Crippen molar-refractivity contribution < 1.29 is 0 Å². The molecule has 2 rings (SSSR count). The van der Waals surface area contributed by atoms with E-state index in [4.69, 9.17) is 0 Å². The van der Waals surface area contributed by atoms with E-state index in [0.717, 1.165) is 12.1 Å². The second-order valence-electron chi connectivity index (χ2n) is 2.42. The van der Waals surface area contributed by atoms with Crippen LogP contribution >= 0.6 is 0 Å². The lowest BCUT2D eigenvalue weighted by molar-refractivity contribution is 1.22. The number of allylic oxidation sites excluding steroid dienone is 6. The third-order valence-corrected chi connectivity index (χ3v) is 1.66. The summed E-state index contributed by atoms with van der Waals surface area (Å²) in [4.78, 5) is 0. The fraction of sp³-hybridized carbons (Fsp3) is 0.111. The summed E-state index contributed by atoms with van der Waals surface area (Å²) in [6.07, 6.45) is 12.7. The van der Waals surface area contributed by atoms with E-state index in [-0.39, 0.29) is 0 Å². The van der Waals surface area contributed by atoms with E-state index >= 15 is 0 Å². The molecule has 0 spiro atoms. The van der Waals surface area contributed by atoms with Gasteiger partial charge in [-0.25, -0.2) is 0 Å². The number of nitrogens with zero attached hydrogens (tertiary/aromatic N) is 2. The van der Waals surface area contributed by atoms with E-state index in [9.17, 15) is 0 Å². The van der Waals surface area contributed by atoms with Gasteiger partial charge < -0.3 is 0 Å². The molecule has 1 aliphatic heterocycles. The predicted molar refractivity (Wildman–Crippen MR) is 46.9 cm³/mol. The maximum atomic E-state index is 4.05. The summed E-state index contributed by atoms with van der Waals surface area (Å²) in [5.74, 6) is 0. The Labute approximate surface area is 65.3 Å². The summed E-state index contributed by atoms with van der Waals surface area (Å²) in [5.41, 5.74) is 2.22. The third-order valence-electron chi connectivity index (χ3n) is 1.66. The maximum absolute atomic E-state index is 4.05. The first kappa shape index (κ1) is 6.28. The van der Waals surface area contributed by atoms with E-state index in [1.807, 2.05) is 24.3 Å². The van der Waals surface area contributed by atoms with Gasteiger partial charge in [0.25, 0.3) is 0 Å². The van der Waals surface area contributed by atoms with Crippen LogP contribution in [0.4, 0.5) is 0 Å². The summed E-state index contributed by atoms with van der Waals surface area (Å²) < 4.78 is 0. The highest BCUT2D eigenvalue weighted by Crippen LogP contribution is 2.12. The van der Waals surface area contributed by atoms with Crippen molar-refractivity contribution in [3.8, 4) is 0 Å². The summed E-state index contributed by atoms with van der Waals surface area (Å²) >= 11 is 0. The Morgan fingerprint density at radius 1 is 1.27 bits per heavy atom. The summed E-state index contributed by atoms with van der Waals surface area (Å²) in [6, 6.07) is 0. The zero-order valence-corrected chi connectivity index (χ0v) is 6.07. The smallest absolute Gasteiger partial charge is 0.0740 e. The van der Waals surface area contributed by atoms with Crippen LogP contribution in [0, 0.1) is 0 Å². The Bertz CT molecular complexity index is 304. The molecule has 0 aromatic rings. The molecule has 11 heavy (non-hydrogen) atoms. The molecule has 2 nitrogen and oxygen atoms in total. The zero-order chi connectivity index (χ0) is 7.52. The average Bonchev–Trinajstić information content (AvgIpc) is 2.28. The van der Waals surface area contributed by atoms with Crippen LogP contribution in [0.25, 0.3) is 0 Å². The molecule has 0 fully saturated rings. The van der Waals surface area contributed by atoms with Gasteiger partial charge in [0.05, 0.1) is 5.71 Å². The molecule has 1 aliphatic carbocycles. The lowest BCUT2D eigenvalue weighted by Crippen LogP contribution is -2.00. The SMILES string of the molecule is C1=CCC2=NN=CC=CC2=C1. The molecule has 0 aromatic carbocycles. The van der Waals surface area contributed by atoms with Gasteiger partial charge in [-0.2, -0.15) is 10.2 Å². The second kappa shape index (κ2) is 2.66. The van der Waals surface area contributed by atoms with Crippen molar-refractivity contribution in [3.05, 3.63) is 36.0 Å². The Morgan fingerprint density at radius 3 is 3.27 bits per heavy atom. The van der Waals surface area contributed by atoms with E-state index < -0.39 is 0 Å². The van der Waals surface area contributed by atoms with E-state index in [2.05, 4.69) is 16.3 Å². The minimum atomic E-state index is 0.896. The van der Waals surface area contributed by atoms with Crippen molar-refractivity contribution in [3.63, 3.8) is 0 Å². The fourth-order valence-corrected chi connectivity index (χ4v) is 1.10. The molecule has 2 heteroatoms. The molecule has 0 bridgehead atoms. The minimum absolute atomic E-state index is 0.896. The first-order chi connectivity index (χ1) is 5.47. The Balaban J connectivity index is 2.44. The molecule has 1 heterocycles. The zero-order valence-electron chi connectivity index (χ0n) is 6.07. The summed E-state index contributed by atoms with van der Waals surface area (Å²) in [6.45, 7) is 0. The lowest BCUT2D eigenvalue weighted by atomic mass is 10.0. The number of hydrogen-bond acceptors (Lipinski definition) is 2. The van der Waals surface area contributed by atoms with Crippen LogP contribution in [0.15, 0.2) is 46.2 Å². The van der Waals surface area contributed by atoms with Gasteiger partial charge in [0.2, 0.25) is 0 Å². The number of fused-ring (bicyclic) bond motifs is 1. The average molecular weight is 144 g/mol. The normalized spacial score (nSPS) is 20.4. The molecule has 0 amide bonds. The molecule has 0 saturated carbocycles. The maximum Gasteiger partial charge on any atom is 0.0740 e. The topological polar surface area (TPSA) is 24.7 Å². The van der Waals surface area contributed by atoms with Crippen molar-refractivity contribution in [2.75, 3.05) is 0 Å². The van der Waals surface area contributed by atoms with Gasteiger partial charge in [0.15, 0.2) is 0 Å². The van der Waals surface area contributed by atoms with Crippen LogP contribution < -0.4 is 0 Å². The minimum Gasteiger partial charge on any atom is -0.159 e. The number of hydrogen-bond donors (Lipinski definition) is 0. The predicted octanol–water partition coefficient (Wildman–Crippen LogP) is 1.87. The molecule has 54 valence electrons. The standard InChI is InChI=1S/C9H8N2/c1-2-6-9-8(4-1)5-3-7-10-11-9/h1-5,7H,6H2. The molecule has 0 N–H and O–H groups in total. The Hall–Kier alpha value is -1.44. The molecular formula is C9H8N2. The second-order valence-corrected chi connectivity index (χ2v) is 2.42. The van der Waals surface area contributed by atoms with Crippen molar-refractivity contribution in [2.45, 2.75) is 6.42 Å². The van der Waals surface area contributed by atoms with E-state index in [1.165, 1.54) is 5.57 Å². The van der Waals surface area contributed by atoms with Crippen molar-refractivity contribution in [1.82, 2.24) is 0 Å². The summed E-state index contributed by atoms with van der Waals surface area (Å²) in [5, 5.41) is 7.91. The highest BCUT2D eigenvalue weighted by Gasteiger charge is 2.05. The lowest BCUT2D eigenvalue weighted by Gasteiger charge is -2.04. The van der Waals surface area contributed by atoms with Crippen LogP contribution in [-0.2, 0) is 0 Å². The van der Waals surface area contributed by atoms with Crippen molar-refractivity contribution in [2.24, 2.45) is 10.2 Å². The highest BCUT2D eigenvalue weighted by molar-refractivity contribution is 6.05. The van der Waals surface area contributed by atoms with Gasteiger partial charge in [0.1, 0.15) is 0 Å². The number of rotatable bonds is 0. The summed E-state index contributed by atoms with van der Waals surface area (Å²) in [7, 11) is 0. The fourth-order valence-electron chi connectivity index (χ4n) is 1.10.